The van der Waals surface area contributed by atoms with Crippen LogP contribution in [0, 0.1) is 17.6 Å². The van der Waals surface area contributed by atoms with Gasteiger partial charge in [-0.25, -0.2) is 21.9 Å². The van der Waals surface area contributed by atoms with Gasteiger partial charge in [0, 0.05) is 6.07 Å². The van der Waals surface area contributed by atoms with E-state index in [0.29, 0.717) is 12.1 Å². The summed E-state index contributed by atoms with van der Waals surface area (Å²) < 4.78 is 126. The Morgan fingerprint density at radius 1 is 1.04 bits per heavy atom. The lowest BCUT2D eigenvalue weighted by Gasteiger charge is -2.29. The van der Waals surface area contributed by atoms with E-state index in [1.807, 2.05) is 0 Å². The van der Waals surface area contributed by atoms with Gasteiger partial charge < -0.3 is 5.11 Å². The maximum Gasteiger partial charge on any atom is 0.402 e. The molecule has 0 spiro atoms. The molecule has 138 valence electrons. The summed E-state index contributed by atoms with van der Waals surface area (Å²) in [5.74, 6) is -7.17. The van der Waals surface area contributed by atoms with E-state index in [4.69, 9.17) is 5.11 Å². The van der Waals surface area contributed by atoms with Gasteiger partial charge in [-0.15, -0.1) is 0 Å². The number of halogens is 8. The van der Waals surface area contributed by atoms with Crippen LogP contribution < -0.4 is 4.72 Å². The van der Waals surface area contributed by atoms with E-state index in [1.165, 1.54) is 0 Å². The molecule has 1 rings (SSSR count). The molecule has 0 saturated heterocycles. The van der Waals surface area contributed by atoms with Crippen molar-refractivity contribution in [3.8, 4) is 0 Å². The molecular weight excluding hydrogens is 378 g/mol. The lowest BCUT2D eigenvalue weighted by atomic mass is 10.00. The quantitative estimate of drug-likeness (QED) is 0.763. The van der Waals surface area contributed by atoms with Crippen LogP contribution in [0.25, 0.3) is 0 Å². The van der Waals surface area contributed by atoms with Gasteiger partial charge in [-0.3, -0.25) is 0 Å². The maximum atomic E-state index is 13.4. The molecule has 0 amide bonds. The molecule has 1 aromatic carbocycles. The molecule has 1 unspecified atom stereocenters. The lowest BCUT2D eigenvalue weighted by Crippen LogP contribution is -2.54. The zero-order chi connectivity index (χ0) is 18.9. The molecule has 13 heteroatoms. The van der Waals surface area contributed by atoms with Crippen LogP contribution in [0.4, 0.5) is 35.1 Å². The standard InChI is InChI=1S/C11H9F8NO3S/c12-5-1-2-8(6(13)3-5)24(22,23)20-7(4-21)9(10(14,15)16)11(17,18)19/h1-3,7,9,20-21H,4H2. The Morgan fingerprint density at radius 2 is 1.54 bits per heavy atom. The normalized spacial score (nSPS) is 14.9. The number of aliphatic hydroxyl groups excluding tert-OH is 1. The Hall–Kier alpha value is -1.47. The number of rotatable bonds is 5. The molecule has 0 aromatic heterocycles. The first kappa shape index (κ1) is 20.6. The van der Waals surface area contributed by atoms with Crippen LogP contribution in [-0.4, -0.2) is 38.5 Å². The molecule has 0 aliphatic rings. The molecule has 2 N–H and O–H groups in total. The number of alkyl halides is 6. The molecule has 24 heavy (non-hydrogen) atoms. The Bertz CT molecular complexity index is 671. The van der Waals surface area contributed by atoms with Gasteiger partial charge >= 0.3 is 12.4 Å². The lowest BCUT2D eigenvalue weighted by molar-refractivity contribution is -0.292. The average Bonchev–Trinajstić information content (AvgIpc) is 2.33. The van der Waals surface area contributed by atoms with Crippen molar-refractivity contribution in [1.82, 2.24) is 4.72 Å². The topological polar surface area (TPSA) is 66.4 Å². The van der Waals surface area contributed by atoms with Crippen molar-refractivity contribution in [1.29, 1.82) is 0 Å². The summed E-state index contributed by atoms with van der Waals surface area (Å²) in [6.45, 7) is -1.87. The van der Waals surface area contributed by atoms with Crippen molar-refractivity contribution in [2.75, 3.05) is 6.61 Å². The highest BCUT2D eigenvalue weighted by atomic mass is 32.2. The van der Waals surface area contributed by atoms with Gasteiger partial charge in [0.05, 0.1) is 12.6 Å². The first-order chi connectivity index (χ1) is 10.7. The molecule has 0 heterocycles. The van der Waals surface area contributed by atoms with Crippen LogP contribution in [0.5, 0.6) is 0 Å². The van der Waals surface area contributed by atoms with Crippen molar-refractivity contribution >= 4 is 10.0 Å². The molecule has 0 fully saturated rings. The second kappa shape index (κ2) is 6.80. The summed E-state index contributed by atoms with van der Waals surface area (Å²) in [5.41, 5.74) is 0. The minimum absolute atomic E-state index is 0.0769. The molecule has 1 aromatic rings. The zero-order valence-corrected chi connectivity index (χ0v) is 12.1. The first-order valence-electron chi connectivity index (χ1n) is 5.92. The summed E-state index contributed by atoms with van der Waals surface area (Å²) in [4.78, 5) is -1.37. The Kier molecular flexibility index (Phi) is 5.83. The average molecular weight is 387 g/mol. The maximum absolute atomic E-state index is 13.4. The zero-order valence-electron chi connectivity index (χ0n) is 11.3. The van der Waals surface area contributed by atoms with Crippen molar-refractivity contribution < 1.29 is 48.6 Å². The summed E-state index contributed by atoms with van der Waals surface area (Å²) in [7, 11) is -5.24. The SMILES string of the molecule is O=S(=O)(NC(CO)C(C(F)(F)F)C(F)(F)F)c1ccc(F)cc1F. The largest absolute Gasteiger partial charge is 0.402 e. The number of benzene rings is 1. The molecule has 0 saturated carbocycles. The first-order valence-corrected chi connectivity index (χ1v) is 7.40. The highest BCUT2D eigenvalue weighted by molar-refractivity contribution is 7.89. The summed E-state index contributed by atoms with van der Waals surface area (Å²) in [5, 5.41) is 8.77. The number of hydrogen-bond donors (Lipinski definition) is 2. The van der Waals surface area contributed by atoms with Gasteiger partial charge in [0.2, 0.25) is 10.0 Å². The van der Waals surface area contributed by atoms with Crippen LogP contribution in [-0.2, 0) is 10.0 Å². The Labute approximate surface area is 130 Å². The van der Waals surface area contributed by atoms with Gasteiger partial charge in [0.15, 0.2) is 5.92 Å². The van der Waals surface area contributed by atoms with Crippen LogP contribution in [0.3, 0.4) is 0 Å². The van der Waals surface area contributed by atoms with Gasteiger partial charge in [-0.1, -0.05) is 0 Å². The fraction of sp³-hybridized carbons (Fsp3) is 0.455. The van der Waals surface area contributed by atoms with E-state index in [9.17, 15) is 43.5 Å². The van der Waals surface area contributed by atoms with Gasteiger partial charge in [0.1, 0.15) is 16.5 Å². The van der Waals surface area contributed by atoms with Crippen LogP contribution in [0.1, 0.15) is 0 Å². The van der Waals surface area contributed by atoms with E-state index in [1.54, 1.807) is 0 Å². The fourth-order valence-corrected chi connectivity index (χ4v) is 3.11. The number of sulfonamides is 1. The molecular formula is C11H9F8NO3S. The van der Waals surface area contributed by atoms with Crippen molar-refractivity contribution in [3.63, 3.8) is 0 Å². The third kappa shape index (κ3) is 4.77. The smallest absolute Gasteiger partial charge is 0.395 e. The highest BCUT2D eigenvalue weighted by Crippen LogP contribution is 2.41. The molecule has 0 aliphatic heterocycles. The van der Waals surface area contributed by atoms with Crippen molar-refractivity contribution in [3.05, 3.63) is 29.8 Å². The molecule has 0 bridgehead atoms. The van der Waals surface area contributed by atoms with Crippen molar-refractivity contribution in [2.45, 2.75) is 23.3 Å². The molecule has 0 radical (unpaired) electrons. The number of aliphatic hydroxyl groups is 1. The third-order valence-corrected chi connectivity index (χ3v) is 4.32. The van der Waals surface area contributed by atoms with E-state index < -0.39 is 57.5 Å². The van der Waals surface area contributed by atoms with E-state index in [2.05, 4.69) is 0 Å². The molecule has 0 aliphatic carbocycles. The fourth-order valence-electron chi connectivity index (χ4n) is 1.81. The van der Waals surface area contributed by atoms with Crippen LogP contribution >= 0.6 is 0 Å². The predicted octanol–water partition coefficient (Wildman–Crippen LogP) is 2.34. The summed E-state index contributed by atoms with van der Waals surface area (Å²) >= 11 is 0. The highest BCUT2D eigenvalue weighted by Gasteiger charge is 2.60. The summed E-state index contributed by atoms with van der Waals surface area (Å²) in [6.07, 6.45) is -11.9. The minimum Gasteiger partial charge on any atom is -0.395 e. The number of nitrogens with one attached hydrogen (secondary N) is 1. The summed E-state index contributed by atoms with van der Waals surface area (Å²) in [6, 6.07) is -2.22. The Balaban J connectivity index is 3.27. The van der Waals surface area contributed by atoms with E-state index in [-0.39, 0.29) is 6.07 Å². The van der Waals surface area contributed by atoms with Crippen molar-refractivity contribution in [2.24, 2.45) is 5.92 Å². The predicted molar refractivity (Wildman–Crippen MR) is 63.2 cm³/mol. The van der Waals surface area contributed by atoms with Crippen LogP contribution in [0.15, 0.2) is 23.1 Å². The van der Waals surface area contributed by atoms with Crippen LogP contribution in [0.2, 0.25) is 0 Å². The van der Waals surface area contributed by atoms with Gasteiger partial charge in [0.25, 0.3) is 0 Å². The second-order valence-electron chi connectivity index (χ2n) is 4.55. The second-order valence-corrected chi connectivity index (χ2v) is 6.23. The Morgan fingerprint density at radius 3 is 1.92 bits per heavy atom. The van der Waals surface area contributed by atoms with Gasteiger partial charge in [-0.05, 0) is 12.1 Å². The molecule has 4 nitrogen and oxygen atoms in total. The number of hydrogen-bond acceptors (Lipinski definition) is 3. The van der Waals surface area contributed by atoms with E-state index in [0.717, 1.165) is 4.72 Å². The minimum atomic E-state index is -5.94. The van der Waals surface area contributed by atoms with Gasteiger partial charge in [-0.2, -0.15) is 26.3 Å². The van der Waals surface area contributed by atoms with E-state index >= 15 is 0 Å². The molecule has 1 atom stereocenters. The monoisotopic (exact) mass is 387 g/mol. The third-order valence-electron chi connectivity index (χ3n) is 2.79.